The topological polar surface area (TPSA) is 72.4 Å². The molecule has 6 nitrogen and oxygen atoms in total. The van der Waals surface area contributed by atoms with Crippen LogP contribution in [0.3, 0.4) is 0 Å². The Bertz CT molecular complexity index is 723. The SMILES string of the molecule is CCCS(=O)(=O)N1CC2(C1)OCc1nc(C3CCCCC3)ncc12. The second-order valence-corrected chi connectivity index (χ2v) is 9.38. The summed E-state index contributed by atoms with van der Waals surface area (Å²) in [5.74, 6) is 1.62. The van der Waals surface area contributed by atoms with Crippen molar-refractivity contribution in [3.05, 3.63) is 23.3 Å². The number of hydrogen-bond acceptors (Lipinski definition) is 5. The van der Waals surface area contributed by atoms with Crippen molar-refractivity contribution >= 4 is 10.0 Å². The van der Waals surface area contributed by atoms with Gasteiger partial charge >= 0.3 is 0 Å². The fourth-order valence-electron chi connectivity index (χ4n) is 4.13. The van der Waals surface area contributed by atoms with Crippen LogP contribution in [0.1, 0.15) is 68.4 Å². The van der Waals surface area contributed by atoms with Gasteiger partial charge in [-0.15, -0.1) is 0 Å². The van der Waals surface area contributed by atoms with Gasteiger partial charge in [0.15, 0.2) is 0 Å². The molecule has 0 unspecified atom stereocenters. The highest BCUT2D eigenvalue weighted by atomic mass is 32.2. The molecular weight excluding hydrogens is 326 g/mol. The van der Waals surface area contributed by atoms with Crippen LogP contribution in [-0.4, -0.2) is 41.5 Å². The lowest BCUT2D eigenvalue weighted by molar-refractivity contribution is -0.112. The number of nitrogens with zero attached hydrogens (tertiary/aromatic N) is 3. The Labute approximate surface area is 143 Å². The van der Waals surface area contributed by atoms with E-state index in [1.54, 1.807) is 0 Å². The minimum atomic E-state index is -3.15. The summed E-state index contributed by atoms with van der Waals surface area (Å²) in [6.07, 6.45) is 8.71. The molecule has 2 fully saturated rings. The van der Waals surface area contributed by atoms with E-state index in [4.69, 9.17) is 9.72 Å². The fraction of sp³-hybridized carbons (Fsp3) is 0.765. The predicted molar refractivity (Wildman–Crippen MR) is 90.0 cm³/mol. The van der Waals surface area contributed by atoms with Crippen LogP contribution in [0.25, 0.3) is 0 Å². The van der Waals surface area contributed by atoms with Crippen molar-refractivity contribution in [2.24, 2.45) is 0 Å². The Hall–Kier alpha value is -1.05. The normalized spacial score (nSPS) is 24.0. The Kier molecular flexibility index (Phi) is 4.13. The first kappa shape index (κ1) is 16.4. The van der Waals surface area contributed by atoms with Crippen LogP contribution in [0.2, 0.25) is 0 Å². The van der Waals surface area contributed by atoms with Gasteiger partial charge in [-0.3, -0.25) is 0 Å². The molecule has 0 bridgehead atoms. The van der Waals surface area contributed by atoms with Gasteiger partial charge in [-0.1, -0.05) is 26.2 Å². The molecule has 1 saturated carbocycles. The molecule has 1 spiro atoms. The molecule has 0 N–H and O–H groups in total. The summed E-state index contributed by atoms with van der Waals surface area (Å²) in [7, 11) is -3.15. The molecule has 0 aromatic carbocycles. The van der Waals surface area contributed by atoms with E-state index < -0.39 is 15.6 Å². The number of hydrogen-bond donors (Lipinski definition) is 0. The molecule has 1 aliphatic carbocycles. The third-order valence-electron chi connectivity index (χ3n) is 5.55. The first-order valence-corrected chi connectivity index (χ1v) is 10.6. The molecular formula is C17H25N3O3S. The number of fused-ring (bicyclic) bond motifs is 2. The van der Waals surface area contributed by atoms with Crippen LogP contribution in [-0.2, 0) is 27.0 Å². The first-order valence-electron chi connectivity index (χ1n) is 9.02. The summed E-state index contributed by atoms with van der Waals surface area (Å²) in [4.78, 5) is 9.39. The van der Waals surface area contributed by atoms with Crippen LogP contribution >= 0.6 is 0 Å². The second-order valence-electron chi connectivity index (χ2n) is 7.29. The van der Waals surface area contributed by atoms with Gasteiger partial charge in [0.1, 0.15) is 11.4 Å². The largest absolute Gasteiger partial charge is 0.361 e. The number of ether oxygens (including phenoxy) is 1. The summed E-state index contributed by atoms with van der Waals surface area (Å²) >= 11 is 0. The zero-order valence-electron chi connectivity index (χ0n) is 14.2. The summed E-state index contributed by atoms with van der Waals surface area (Å²) in [5, 5.41) is 0. The highest BCUT2D eigenvalue weighted by Crippen LogP contribution is 2.44. The maximum Gasteiger partial charge on any atom is 0.214 e. The van der Waals surface area contributed by atoms with Crippen LogP contribution in [0.5, 0.6) is 0 Å². The molecule has 3 heterocycles. The van der Waals surface area contributed by atoms with Crippen LogP contribution in [0.4, 0.5) is 0 Å². The lowest BCUT2D eigenvalue weighted by Gasteiger charge is -2.46. The van der Waals surface area contributed by atoms with E-state index in [2.05, 4.69) is 4.98 Å². The fourth-order valence-corrected chi connectivity index (χ4v) is 5.72. The molecule has 1 saturated heterocycles. The minimum absolute atomic E-state index is 0.201. The lowest BCUT2D eigenvalue weighted by Crippen LogP contribution is -2.61. The van der Waals surface area contributed by atoms with Crippen molar-refractivity contribution in [3.63, 3.8) is 0 Å². The lowest BCUT2D eigenvalue weighted by atomic mass is 9.87. The first-order chi connectivity index (χ1) is 11.5. The Balaban J connectivity index is 1.52. The molecule has 4 rings (SSSR count). The number of aromatic nitrogens is 2. The van der Waals surface area contributed by atoms with Crippen LogP contribution in [0, 0.1) is 0 Å². The number of rotatable bonds is 4. The molecule has 0 atom stereocenters. The van der Waals surface area contributed by atoms with Gasteiger partial charge in [-0.25, -0.2) is 18.4 Å². The quantitative estimate of drug-likeness (QED) is 0.832. The summed E-state index contributed by atoms with van der Waals surface area (Å²) in [6, 6.07) is 0. The zero-order valence-corrected chi connectivity index (χ0v) is 15.0. The van der Waals surface area contributed by atoms with E-state index in [-0.39, 0.29) is 5.75 Å². The maximum atomic E-state index is 12.2. The molecule has 24 heavy (non-hydrogen) atoms. The second kappa shape index (κ2) is 6.04. The minimum Gasteiger partial charge on any atom is -0.361 e. The molecule has 1 aromatic rings. The maximum absolute atomic E-state index is 12.2. The average molecular weight is 351 g/mol. The van der Waals surface area contributed by atoms with Crippen molar-refractivity contribution in [1.82, 2.24) is 14.3 Å². The van der Waals surface area contributed by atoms with Crippen molar-refractivity contribution in [3.8, 4) is 0 Å². The van der Waals surface area contributed by atoms with Crippen LogP contribution < -0.4 is 0 Å². The smallest absolute Gasteiger partial charge is 0.214 e. The molecule has 2 aliphatic heterocycles. The van der Waals surface area contributed by atoms with Crippen LogP contribution in [0.15, 0.2) is 6.20 Å². The average Bonchev–Trinajstić information content (AvgIpc) is 2.93. The third kappa shape index (κ3) is 2.66. The highest BCUT2D eigenvalue weighted by Gasteiger charge is 2.54. The molecule has 1 aromatic heterocycles. The monoisotopic (exact) mass is 351 g/mol. The standard InChI is InChI=1S/C17H25N3O3S/c1-2-8-24(21,22)20-11-17(12-20)14-9-18-16(19-15(14)10-23-17)13-6-4-3-5-7-13/h9,13H,2-8,10-12H2,1H3. The van der Waals surface area contributed by atoms with Crippen molar-refractivity contribution in [2.45, 2.75) is 63.6 Å². The zero-order chi connectivity index (χ0) is 16.8. The van der Waals surface area contributed by atoms with Gasteiger partial charge in [0, 0.05) is 30.8 Å². The van der Waals surface area contributed by atoms with E-state index in [0.717, 1.165) is 17.1 Å². The Morgan fingerprint density at radius 2 is 2.04 bits per heavy atom. The molecule has 0 radical (unpaired) electrons. The van der Waals surface area contributed by atoms with E-state index in [1.165, 1.54) is 36.4 Å². The van der Waals surface area contributed by atoms with E-state index in [9.17, 15) is 8.42 Å². The van der Waals surface area contributed by atoms with E-state index in [1.807, 2.05) is 13.1 Å². The summed E-state index contributed by atoms with van der Waals surface area (Å²) in [5.41, 5.74) is 1.43. The molecule has 132 valence electrons. The van der Waals surface area contributed by atoms with Gasteiger partial charge in [0.2, 0.25) is 10.0 Å². The van der Waals surface area contributed by atoms with Gasteiger partial charge in [0.05, 0.1) is 18.1 Å². The molecule has 3 aliphatic rings. The highest BCUT2D eigenvalue weighted by molar-refractivity contribution is 7.89. The van der Waals surface area contributed by atoms with Gasteiger partial charge in [0.25, 0.3) is 0 Å². The van der Waals surface area contributed by atoms with E-state index >= 15 is 0 Å². The Morgan fingerprint density at radius 3 is 2.75 bits per heavy atom. The molecule has 7 heteroatoms. The Morgan fingerprint density at radius 1 is 1.29 bits per heavy atom. The summed E-state index contributed by atoms with van der Waals surface area (Å²) < 4.78 is 31.8. The molecule has 0 amide bonds. The third-order valence-corrected chi connectivity index (χ3v) is 7.52. The van der Waals surface area contributed by atoms with Gasteiger partial charge < -0.3 is 4.74 Å². The predicted octanol–water partition coefficient (Wildman–Crippen LogP) is 2.31. The van der Waals surface area contributed by atoms with Gasteiger partial charge in [-0.2, -0.15) is 4.31 Å². The van der Waals surface area contributed by atoms with E-state index in [0.29, 0.717) is 32.0 Å². The van der Waals surface area contributed by atoms with Crippen molar-refractivity contribution in [1.29, 1.82) is 0 Å². The van der Waals surface area contributed by atoms with Crippen molar-refractivity contribution < 1.29 is 13.2 Å². The van der Waals surface area contributed by atoms with Crippen molar-refractivity contribution in [2.75, 3.05) is 18.8 Å². The van der Waals surface area contributed by atoms with Gasteiger partial charge in [-0.05, 0) is 19.3 Å². The summed E-state index contributed by atoms with van der Waals surface area (Å²) in [6.45, 7) is 3.15. The number of sulfonamides is 1.